The van der Waals surface area contributed by atoms with Crippen molar-refractivity contribution in [3.05, 3.63) is 29.8 Å². The van der Waals surface area contributed by atoms with Crippen LogP contribution in [0.5, 0.6) is 5.75 Å². The predicted octanol–water partition coefficient (Wildman–Crippen LogP) is 2.67. The molecule has 0 amide bonds. The Morgan fingerprint density at radius 3 is 3.11 bits per heavy atom. The minimum atomic E-state index is 0.284. The molecule has 2 bridgehead atoms. The molecule has 0 spiro atoms. The Morgan fingerprint density at radius 1 is 1.44 bits per heavy atom. The molecule has 1 aromatic rings. The molecule has 3 nitrogen and oxygen atoms in total. The lowest BCUT2D eigenvalue weighted by molar-refractivity contribution is 0.207. The molecule has 1 heterocycles. The molecular formula is C15H18N2O. The Hall–Kier alpha value is -1.69. The highest BCUT2D eigenvalue weighted by Gasteiger charge is 2.46. The summed E-state index contributed by atoms with van der Waals surface area (Å²) in [5.41, 5.74) is 1.67. The molecule has 2 aliphatic rings. The average molecular weight is 242 g/mol. The van der Waals surface area contributed by atoms with Gasteiger partial charge in [-0.3, -0.25) is 0 Å². The Kier molecular flexibility index (Phi) is 2.66. The third-order valence-electron chi connectivity index (χ3n) is 4.67. The van der Waals surface area contributed by atoms with E-state index in [9.17, 15) is 0 Å². The Balaban J connectivity index is 1.91. The maximum Gasteiger partial charge on any atom is 0.179 e. The number of likely N-dealkylation sites (tertiary alicyclic amines) is 1. The first-order chi connectivity index (χ1) is 8.77. The second-order valence-corrected chi connectivity index (χ2v) is 5.45. The van der Waals surface area contributed by atoms with E-state index in [2.05, 4.69) is 24.4 Å². The van der Waals surface area contributed by atoms with Gasteiger partial charge in [0.25, 0.3) is 0 Å². The minimum Gasteiger partial charge on any atom is -0.497 e. The molecular weight excluding hydrogens is 224 g/mol. The van der Waals surface area contributed by atoms with Gasteiger partial charge in [-0.05, 0) is 48.8 Å². The van der Waals surface area contributed by atoms with E-state index in [1.807, 2.05) is 11.0 Å². The SMILES string of the molecule is COc1cccc([C@@]23CC[C@@H](C2)N(C#N)CC3)c1. The summed E-state index contributed by atoms with van der Waals surface area (Å²) in [5.74, 6) is 0.938. The lowest BCUT2D eigenvalue weighted by Gasteiger charge is -2.37. The summed E-state index contributed by atoms with van der Waals surface area (Å²) in [4.78, 5) is 1.96. The van der Waals surface area contributed by atoms with Crippen molar-refractivity contribution in [1.29, 1.82) is 5.26 Å². The van der Waals surface area contributed by atoms with E-state index in [0.29, 0.717) is 6.04 Å². The summed E-state index contributed by atoms with van der Waals surface area (Å²) in [6.07, 6.45) is 6.88. The molecule has 2 fully saturated rings. The highest BCUT2D eigenvalue weighted by atomic mass is 16.5. The lowest BCUT2D eigenvalue weighted by atomic mass is 9.74. The van der Waals surface area contributed by atoms with Crippen molar-refractivity contribution in [3.8, 4) is 11.9 Å². The van der Waals surface area contributed by atoms with Gasteiger partial charge in [-0.2, -0.15) is 5.26 Å². The molecule has 0 radical (unpaired) electrons. The van der Waals surface area contributed by atoms with Crippen LogP contribution in [0.4, 0.5) is 0 Å². The molecule has 1 aliphatic carbocycles. The Morgan fingerprint density at radius 2 is 2.33 bits per heavy atom. The lowest BCUT2D eigenvalue weighted by Crippen LogP contribution is -2.40. The fraction of sp³-hybridized carbons (Fsp3) is 0.533. The molecule has 1 saturated carbocycles. The monoisotopic (exact) mass is 242 g/mol. The van der Waals surface area contributed by atoms with Crippen molar-refractivity contribution in [1.82, 2.24) is 4.90 Å². The van der Waals surface area contributed by atoms with Gasteiger partial charge in [-0.1, -0.05) is 12.1 Å². The first kappa shape index (κ1) is 11.4. The van der Waals surface area contributed by atoms with Gasteiger partial charge >= 0.3 is 0 Å². The van der Waals surface area contributed by atoms with E-state index in [0.717, 1.165) is 31.6 Å². The zero-order valence-corrected chi connectivity index (χ0v) is 10.7. The van der Waals surface area contributed by atoms with Crippen LogP contribution in [0.15, 0.2) is 24.3 Å². The van der Waals surface area contributed by atoms with E-state index < -0.39 is 0 Å². The van der Waals surface area contributed by atoms with Crippen molar-refractivity contribution in [2.24, 2.45) is 0 Å². The van der Waals surface area contributed by atoms with Crippen LogP contribution in [0.2, 0.25) is 0 Å². The van der Waals surface area contributed by atoms with Crippen molar-refractivity contribution in [2.75, 3.05) is 13.7 Å². The van der Waals surface area contributed by atoms with Crippen molar-refractivity contribution in [3.63, 3.8) is 0 Å². The van der Waals surface area contributed by atoms with Crippen molar-refractivity contribution >= 4 is 0 Å². The molecule has 3 heteroatoms. The van der Waals surface area contributed by atoms with Gasteiger partial charge in [0.15, 0.2) is 6.19 Å². The zero-order valence-electron chi connectivity index (χ0n) is 10.7. The van der Waals surface area contributed by atoms with E-state index in [1.165, 1.54) is 12.0 Å². The Labute approximate surface area is 108 Å². The summed E-state index contributed by atoms with van der Waals surface area (Å²) in [7, 11) is 1.71. The third-order valence-corrected chi connectivity index (χ3v) is 4.67. The zero-order chi connectivity index (χ0) is 12.6. The highest BCUT2D eigenvalue weighted by Crippen LogP contribution is 2.49. The second kappa shape index (κ2) is 4.20. The van der Waals surface area contributed by atoms with Gasteiger partial charge in [-0.25, -0.2) is 0 Å². The number of nitriles is 1. The van der Waals surface area contributed by atoms with E-state index in [4.69, 9.17) is 10.00 Å². The molecule has 18 heavy (non-hydrogen) atoms. The van der Waals surface area contributed by atoms with Crippen LogP contribution in [0.1, 0.15) is 31.2 Å². The van der Waals surface area contributed by atoms with Gasteiger partial charge in [0, 0.05) is 12.6 Å². The third kappa shape index (κ3) is 1.64. The summed E-state index contributed by atoms with van der Waals surface area (Å²) in [6, 6.07) is 8.91. The Bertz CT molecular complexity index is 494. The van der Waals surface area contributed by atoms with Crippen LogP contribution < -0.4 is 4.74 Å². The van der Waals surface area contributed by atoms with Gasteiger partial charge in [0.2, 0.25) is 0 Å². The fourth-order valence-corrected chi connectivity index (χ4v) is 3.60. The van der Waals surface area contributed by atoms with Gasteiger partial charge < -0.3 is 9.64 Å². The molecule has 3 rings (SSSR count). The number of ether oxygens (including phenoxy) is 1. The summed E-state index contributed by atoms with van der Waals surface area (Å²) in [6.45, 7) is 0.901. The predicted molar refractivity (Wildman–Crippen MR) is 69.2 cm³/mol. The number of fused-ring (bicyclic) bond motifs is 2. The van der Waals surface area contributed by atoms with Crippen LogP contribution >= 0.6 is 0 Å². The molecule has 1 saturated heterocycles. The van der Waals surface area contributed by atoms with Crippen LogP contribution in [-0.4, -0.2) is 24.6 Å². The van der Waals surface area contributed by atoms with Crippen molar-refractivity contribution < 1.29 is 4.74 Å². The van der Waals surface area contributed by atoms with Crippen LogP contribution in [-0.2, 0) is 5.41 Å². The van der Waals surface area contributed by atoms with Crippen LogP contribution in [0.3, 0.4) is 0 Å². The first-order valence-corrected chi connectivity index (χ1v) is 6.58. The summed E-state index contributed by atoms with van der Waals surface area (Å²) in [5, 5.41) is 9.10. The van der Waals surface area contributed by atoms with E-state index in [-0.39, 0.29) is 5.41 Å². The van der Waals surface area contributed by atoms with Crippen molar-refractivity contribution in [2.45, 2.75) is 37.1 Å². The number of hydrogen-bond donors (Lipinski definition) is 0. The number of methoxy groups -OCH3 is 1. The topological polar surface area (TPSA) is 36.3 Å². The minimum absolute atomic E-state index is 0.284. The van der Waals surface area contributed by atoms with Crippen LogP contribution in [0.25, 0.3) is 0 Å². The van der Waals surface area contributed by atoms with Crippen LogP contribution in [0, 0.1) is 11.5 Å². The molecule has 1 aliphatic heterocycles. The molecule has 2 atom stereocenters. The average Bonchev–Trinajstić information content (AvgIpc) is 2.79. The highest BCUT2D eigenvalue weighted by molar-refractivity contribution is 5.36. The maximum absolute atomic E-state index is 9.10. The number of rotatable bonds is 2. The van der Waals surface area contributed by atoms with E-state index >= 15 is 0 Å². The number of hydrogen-bond acceptors (Lipinski definition) is 3. The number of benzene rings is 1. The first-order valence-electron chi connectivity index (χ1n) is 6.58. The molecule has 0 unspecified atom stereocenters. The summed E-state index contributed by atoms with van der Waals surface area (Å²) >= 11 is 0. The maximum atomic E-state index is 9.10. The van der Waals surface area contributed by atoms with Gasteiger partial charge in [0.1, 0.15) is 5.75 Å². The quantitative estimate of drug-likeness (QED) is 0.748. The van der Waals surface area contributed by atoms with E-state index in [1.54, 1.807) is 7.11 Å². The standard InChI is InChI=1S/C15H18N2O/c1-18-14-4-2-3-12(9-14)15-6-5-13(10-15)17(11-16)8-7-15/h2-4,9,13H,5-8,10H2,1H3/t13-,15+/m0/s1. The normalized spacial score (nSPS) is 30.0. The van der Waals surface area contributed by atoms with Gasteiger partial charge in [0.05, 0.1) is 7.11 Å². The van der Waals surface area contributed by atoms with Gasteiger partial charge in [-0.15, -0.1) is 0 Å². The largest absolute Gasteiger partial charge is 0.497 e. The summed E-state index contributed by atoms with van der Waals surface area (Å²) < 4.78 is 5.33. The number of nitrogens with zero attached hydrogens (tertiary/aromatic N) is 2. The molecule has 94 valence electrons. The second-order valence-electron chi connectivity index (χ2n) is 5.45. The number of piperidine rings is 1. The smallest absolute Gasteiger partial charge is 0.179 e. The molecule has 0 N–H and O–H groups in total. The molecule has 0 aromatic heterocycles. The fourth-order valence-electron chi connectivity index (χ4n) is 3.60. The molecule has 1 aromatic carbocycles.